The van der Waals surface area contributed by atoms with E-state index in [4.69, 9.17) is 4.74 Å². The quantitative estimate of drug-likeness (QED) is 0.711. The molecule has 0 aliphatic carbocycles. The fourth-order valence-corrected chi connectivity index (χ4v) is 2.69. The van der Waals surface area contributed by atoms with Crippen LogP contribution in [0.1, 0.15) is 22.3 Å². The first-order valence-corrected chi connectivity index (χ1v) is 8.44. The Kier molecular flexibility index (Phi) is 5.63. The molecule has 3 aromatic rings. The maximum Gasteiger partial charge on any atom is 0.224 e. The number of nitrogens with one attached hydrogen (secondary N) is 1. The maximum atomic E-state index is 12.2. The summed E-state index contributed by atoms with van der Waals surface area (Å²) in [5.41, 5.74) is 4.19. The van der Waals surface area contributed by atoms with Crippen LogP contribution in [0.25, 0.3) is 0 Å². The number of amides is 1. The predicted molar refractivity (Wildman–Crippen MR) is 98.8 cm³/mol. The minimum Gasteiger partial charge on any atom is -0.496 e. The maximum absolute atomic E-state index is 12.2. The Morgan fingerprint density at radius 3 is 2.54 bits per heavy atom. The van der Waals surface area contributed by atoms with Gasteiger partial charge in [0.25, 0.3) is 0 Å². The summed E-state index contributed by atoms with van der Waals surface area (Å²) >= 11 is 0. The zero-order valence-corrected chi connectivity index (χ0v) is 15.0. The highest BCUT2D eigenvalue weighted by Crippen LogP contribution is 2.19. The van der Waals surface area contributed by atoms with Gasteiger partial charge in [-0.3, -0.25) is 4.79 Å². The minimum atomic E-state index is -0.0115. The summed E-state index contributed by atoms with van der Waals surface area (Å²) in [6.45, 7) is 3.17. The third-order valence-electron chi connectivity index (χ3n) is 4.16. The lowest BCUT2D eigenvalue weighted by molar-refractivity contribution is -0.120. The van der Waals surface area contributed by atoms with Crippen LogP contribution >= 0.6 is 0 Å². The Labute approximate surface area is 152 Å². The van der Waals surface area contributed by atoms with Gasteiger partial charge in [0, 0.05) is 6.54 Å². The first-order chi connectivity index (χ1) is 12.6. The van der Waals surface area contributed by atoms with E-state index in [0.29, 0.717) is 19.5 Å². The normalized spacial score (nSPS) is 10.5. The molecule has 3 rings (SSSR count). The lowest BCUT2D eigenvalue weighted by Crippen LogP contribution is -2.24. The molecule has 2 aromatic carbocycles. The highest BCUT2D eigenvalue weighted by Gasteiger charge is 2.06. The SMILES string of the molecule is COc1cc(CC(=O)NCc2ccc(Cn3cncn3)cc2)ccc1C. The number of aryl methyl sites for hydroxylation is 1. The van der Waals surface area contributed by atoms with Crippen molar-refractivity contribution in [2.75, 3.05) is 7.11 Å². The molecule has 0 aliphatic rings. The van der Waals surface area contributed by atoms with E-state index in [2.05, 4.69) is 15.4 Å². The molecule has 0 unspecified atom stereocenters. The standard InChI is InChI=1S/C20H22N4O2/c1-15-3-4-18(9-19(15)26-2)10-20(25)22-11-16-5-7-17(8-6-16)12-24-14-21-13-23-24/h3-9,13-14H,10-12H2,1-2H3,(H,22,25). The van der Waals surface area contributed by atoms with Gasteiger partial charge in [-0.25, -0.2) is 9.67 Å². The minimum absolute atomic E-state index is 0.0115. The summed E-state index contributed by atoms with van der Waals surface area (Å²) in [5.74, 6) is 0.792. The first kappa shape index (κ1) is 17.7. The highest BCUT2D eigenvalue weighted by molar-refractivity contribution is 5.78. The second kappa shape index (κ2) is 8.29. The largest absolute Gasteiger partial charge is 0.496 e. The Hall–Kier alpha value is -3.15. The Bertz CT molecular complexity index is 858. The van der Waals surface area contributed by atoms with Crippen LogP contribution in [0.5, 0.6) is 5.75 Å². The van der Waals surface area contributed by atoms with Gasteiger partial charge in [-0.15, -0.1) is 0 Å². The molecule has 0 radical (unpaired) electrons. The van der Waals surface area contributed by atoms with Crippen molar-refractivity contribution < 1.29 is 9.53 Å². The van der Waals surface area contributed by atoms with Gasteiger partial charge in [0.15, 0.2) is 0 Å². The Morgan fingerprint density at radius 2 is 1.85 bits per heavy atom. The lowest BCUT2D eigenvalue weighted by atomic mass is 10.1. The van der Waals surface area contributed by atoms with E-state index in [-0.39, 0.29) is 5.91 Å². The Morgan fingerprint density at radius 1 is 1.12 bits per heavy atom. The van der Waals surface area contributed by atoms with E-state index in [1.807, 2.05) is 49.4 Å². The van der Waals surface area contributed by atoms with Crippen molar-refractivity contribution in [3.05, 3.63) is 77.4 Å². The van der Waals surface area contributed by atoms with Gasteiger partial charge in [-0.2, -0.15) is 5.10 Å². The topological polar surface area (TPSA) is 69.0 Å². The van der Waals surface area contributed by atoms with Gasteiger partial charge < -0.3 is 10.1 Å². The molecule has 0 fully saturated rings. The van der Waals surface area contributed by atoms with Crippen LogP contribution in [0.2, 0.25) is 0 Å². The molecule has 1 aromatic heterocycles. The molecule has 0 spiro atoms. The molecule has 0 atom stereocenters. The van der Waals surface area contributed by atoms with Crippen LogP contribution in [0.3, 0.4) is 0 Å². The van der Waals surface area contributed by atoms with E-state index < -0.39 is 0 Å². The molecule has 1 amide bonds. The summed E-state index contributed by atoms with van der Waals surface area (Å²) in [6, 6.07) is 13.9. The fourth-order valence-electron chi connectivity index (χ4n) is 2.69. The van der Waals surface area contributed by atoms with Crippen LogP contribution in [-0.4, -0.2) is 27.8 Å². The number of hydrogen-bond donors (Lipinski definition) is 1. The average molecular weight is 350 g/mol. The number of nitrogens with zero attached hydrogens (tertiary/aromatic N) is 3. The number of methoxy groups -OCH3 is 1. The summed E-state index contributed by atoms with van der Waals surface area (Å²) in [5, 5.41) is 7.05. The van der Waals surface area contributed by atoms with Crippen LogP contribution in [0.15, 0.2) is 55.1 Å². The molecule has 134 valence electrons. The van der Waals surface area contributed by atoms with E-state index in [0.717, 1.165) is 28.0 Å². The molecule has 6 nitrogen and oxygen atoms in total. The van der Waals surface area contributed by atoms with Crippen molar-refractivity contribution >= 4 is 5.91 Å². The average Bonchev–Trinajstić information content (AvgIpc) is 3.16. The van der Waals surface area contributed by atoms with Gasteiger partial charge in [0.2, 0.25) is 5.91 Å². The van der Waals surface area contributed by atoms with Crippen molar-refractivity contribution in [1.29, 1.82) is 0 Å². The van der Waals surface area contributed by atoms with Gasteiger partial charge >= 0.3 is 0 Å². The lowest BCUT2D eigenvalue weighted by Gasteiger charge is -2.09. The second-order valence-electron chi connectivity index (χ2n) is 6.17. The molecule has 0 saturated heterocycles. The van der Waals surface area contributed by atoms with E-state index in [1.165, 1.54) is 6.33 Å². The number of rotatable bonds is 7. The van der Waals surface area contributed by atoms with Crippen molar-refractivity contribution in [3.63, 3.8) is 0 Å². The second-order valence-corrected chi connectivity index (χ2v) is 6.17. The van der Waals surface area contributed by atoms with Gasteiger partial charge in [-0.05, 0) is 35.2 Å². The molecule has 0 bridgehead atoms. The highest BCUT2D eigenvalue weighted by atomic mass is 16.5. The van der Waals surface area contributed by atoms with Gasteiger partial charge in [0.1, 0.15) is 18.4 Å². The van der Waals surface area contributed by atoms with Crippen molar-refractivity contribution in [2.24, 2.45) is 0 Å². The number of ether oxygens (including phenoxy) is 1. The van der Waals surface area contributed by atoms with Crippen LogP contribution in [0.4, 0.5) is 0 Å². The summed E-state index contributed by atoms with van der Waals surface area (Å²) in [4.78, 5) is 16.1. The number of hydrogen-bond acceptors (Lipinski definition) is 4. The third-order valence-corrected chi connectivity index (χ3v) is 4.16. The molecule has 26 heavy (non-hydrogen) atoms. The zero-order chi connectivity index (χ0) is 18.4. The predicted octanol–water partition coefficient (Wildman–Crippen LogP) is 2.50. The fraction of sp³-hybridized carbons (Fsp3) is 0.250. The van der Waals surface area contributed by atoms with Gasteiger partial charge in [-0.1, -0.05) is 36.4 Å². The monoisotopic (exact) mass is 350 g/mol. The molecular formula is C20H22N4O2. The zero-order valence-electron chi connectivity index (χ0n) is 15.0. The smallest absolute Gasteiger partial charge is 0.224 e. The third kappa shape index (κ3) is 4.69. The Balaban J connectivity index is 1.51. The molecule has 0 saturated carbocycles. The summed E-state index contributed by atoms with van der Waals surface area (Å²) in [6.07, 6.45) is 3.54. The summed E-state index contributed by atoms with van der Waals surface area (Å²) < 4.78 is 7.07. The molecule has 1 heterocycles. The molecule has 6 heteroatoms. The van der Waals surface area contributed by atoms with E-state index >= 15 is 0 Å². The van der Waals surface area contributed by atoms with Crippen LogP contribution in [-0.2, 0) is 24.3 Å². The van der Waals surface area contributed by atoms with Crippen LogP contribution in [0, 0.1) is 6.92 Å². The molecule has 0 aliphatic heterocycles. The molecule has 1 N–H and O–H groups in total. The van der Waals surface area contributed by atoms with E-state index in [1.54, 1.807) is 18.1 Å². The number of benzene rings is 2. The number of aromatic nitrogens is 3. The van der Waals surface area contributed by atoms with Gasteiger partial charge in [0.05, 0.1) is 20.1 Å². The number of carbonyl (C=O) groups excluding carboxylic acids is 1. The van der Waals surface area contributed by atoms with Crippen molar-refractivity contribution in [2.45, 2.75) is 26.4 Å². The van der Waals surface area contributed by atoms with Crippen LogP contribution < -0.4 is 10.1 Å². The first-order valence-electron chi connectivity index (χ1n) is 8.44. The van der Waals surface area contributed by atoms with E-state index in [9.17, 15) is 4.79 Å². The van der Waals surface area contributed by atoms with Crippen molar-refractivity contribution in [1.82, 2.24) is 20.1 Å². The van der Waals surface area contributed by atoms with Crippen molar-refractivity contribution in [3.8, 4) is 5.75 Å². The number of carbonyl (C=O) groups is 1. The molecular weight excluding hydrogens is 328 g/mol. The summed E-state index contributed by atoms with van der Waals surface area (Å²) in [7, 11) is 1.64.